The number of para-hydroxylation sites is 1. The van der Waals surface area contributed by atoms with E-state index in [4.69, 9.17) is 0 Å². The van der Waals surface area contributed by atoms with Gasteiger partial charge in [0.1, 0.15) is 5.01 Å². The van der Waals surface area contributed by atoms with Crippen LogP contribution in [0.5, 0.6) is 0 Å². The number of amides is 1. The van der Waals surface area contributed by atoms with Crippen molar-refractivity contribution in [3.05, 3.63) is 86.9 Å². The molecule has 0 bridgehead atoms. The number of aromatic nitrogens is 3. The van der Waals surface area contributed by atoms with Gasteiger partial charge in [-0.1, -0.05) is 53.1 Å². The fraction of sp³-hybridized carbons (Fsp3) is 0.115. The zero-order chi connectivity index (χ0) is 29.9. The van der Waals surface area contributed by atoms with E-state index in [1.54, 1.807) is 30.3 Å². The zero-order valence-corrected chi connectivity index (χ0v) is 24.6. The molecule has 42 heavy (non-hydrogen) atoms. The highest BCUT2D eigenvalue weighted by Gasteiger charge is 2.33. The van der Waals surface area contributed by atoms with E-state index >= 15 is 0 Å². The summed E-state index contributed by atoms with van der Waals surface area (Å²) in [7, 11) is 0. The molecule has 3 aromatic carbocycles. The lowest BCUT2D eigenvalue weighted by atomic mass is 10.1. The van der Waals surface area contributed by atoms with Crippen molar-refractivity contribution in [3.8, 4) is 0 Å². The molecule has 0 saturated heterocycles. The van der Waals surface area contributed by atoms with E-state index in [0.29, 0.717) is 30.3 Å². The molecule has 0 aliphatic heterocycles. The van der Waals surface area contributed by atoms with Gasteiger partial charge < -0.3 is 5.32 Å². The molecule has 0 atom stereocenters. The third-order valence-corrected chi connectivity index (χ3v) is 9.55. The molecule has 5 rings (SSSR count). The molecule has 0 fully saturated rings. The van der Waals surface area contributed by atoms with Crippen LogP contribution >= 0.6 is 46.2 Å². The highest BCUT2D eigenvalue weighted by molar-refractivity contribution is 8.01. The van der Waals surface area contributed by atoms with E-state index in [1.807, 2.05) is 6.92 Å². The Labute approximate surface area is 252 Å². The van der Waals surface area contributed by atoms with Crippen LogP contribution in [0.1, 0.15) is 16.1 Å². The number of carbonyl (C=O) groups excluding carboxylic acids is 1. The number of nitrogens with one attached hydrogen (secondary N) is 1. The number of anilines is 1. The summed E-state index contributed by atoms with van der Waals surface area (Å²) >= 11 is 4.96. The molecule has 0 aliphatic carbocycles. The van der Waals surface area contributed by atoms with Crippen molar-refractivity contribution in [1.29, 1.82) is 0 Å². The van der Waals surface area contributed by atoms with E-state index in [1.165, 1.54) is 64.9 Å². The molecule has 0 radical (unpaired) electrons. The van der Waals surface area contributed by atoms with Gasteiger partial charge in [-0.3, -0.25) is 19.9 Å². The van der Waals surface area contributed by atoms with Crippen LogP contribution < -0.4 is 5.32 Å². The van der Waals surface area contributed by atoms with Gasteiger partial charge in [0.05, 0.1) is 42.7 Å². The number of fused-ring (bicyclic) bond motifs is 1. The highest BCUT2D eigenvalue weighted by atomic mass is 32.2. The predicted molar refractivity (Wildman–Crippen MR) is 160 cm³/mol. The monoisotopic (exact) mass is 646 g/mol. The van der Waals surface area contributed by atoms with E-state index < -0.39 is 22.6 Å². The molecule has 0 spiro atoms. The Morgan fingerprint density at radius 1 is 1.10 bits per heavy atom. The van der Waals surface area contributed by atoms with Gasteiger partial charge in [-0.15, -0.1) is 21.5 Å². The van der Waals surface area contributed by atoms with Crippen LogP contribution in [0.15, 0.2) is 79.2 Å². The Bertz CT molecular complexity index is 1820. The molecule has 1 amide bonds. The van der Waals surface area contributed by atoms with Crippen molar-refractivity contribution < 1.29 is 22.9 Å². The van der Waals surface area contributed by atoms with Gasteiger partial charge in [0.2, 0.25) is 5.91 Å². The summed E-state index contributed by atoms with van der Waals surface area (Å²) in [5.74, 6) is -0.707. The SMILES string of the molecule is Cc1nnc(Sc2ccc(C=Nc3ccc4nc(SCC(=O)Nc5ccccc5C(F)(F)F)sc4c3)cc2[N+](=O)[O-])s1. The van der Waals surface area contributed by atoms with Crippen LogP contribution in [0.25, 0.3) is 10.2 Å². The van der Waals surface area contributed by atoms with Gasteiger partial charge in [0.15, 0.2) is 8.68 Å². The minimum atomic E-state index is -4.58. The summed E-state index contributed by atoms with van der Waals surface area (Å²) in [6, 6.07) is 14.9. The molecule has 0 aliphatic rings. The molecule has 16 heteroatoms. The van der Waals surface area contributed by atoms with Crippen molar-refractivity contribution >= 4 is 85.6 Å². The number of hydrogen-bond acceptors (Lipinski definition) is 11. The van der Waals surface area contributed by atoms with Crippen molar-refractivity contribution in [1.82, 2.24) is 15.2 Å². The van der Waals surface area contributed by atoms with Gasteiger partial charge in [-0.05, 0) is 48.9 Å². The number of nitro groups is 1. The lowest BCUT2D eigenvalue weighted by molar-refractivity contribution is -0.387. The summed E-state index contributed by atoms with van der Waals surface area (Å²) in [5.41, 5.74) is 0.528. The standard InChI is InChI=1S/C26H17F3N6O3S4/c1-14-33-34-25(40-14)41-21-9-6-15(10-20(21)35(37)38)12-30-16-7-8-19-22(11-16)42-24(32-19)39-13-23(36)31-18-5-3-2-4-17(18)26(27,28)29/h2-12H,13H2,1H3,(H,31,36). The summed E-state index contributed by atoms with van der Waals surface area (Å²) < 4.78 is 41.5. The third-order valence-electron chi connectivity index (χ3n) is 5.43. The number of halogens is 3. The summed E-state index contributed by atoms with van der Waals surface area (Å²) in [4.78, 5) is 32.9. The van der Waals surface area contributed by atoms with Gasteiger partial charge in [-0.2, -0.15) is 13.2 Å². The van der Waals surface area contributed by atoms with Crippen LogP contribution in [-0.4, -0.2) is 38.0 Å². The molecule has 1 N–H and O–H groups in total. The second-order valence-electron chi connectivity index (χ2n) is 8.44. The minimum absolute atomic E-state index is 0.0673. The fourth-order valence-corrected chi connectivity index (χ4v) is 7.35. The Morgan fingerprint density at radius 2 is 1.90 bits per heavy atom. The third kappa shape index (κ3) is 7.31. The van der Waals surface area contributed by atoms with E-state index in [2.05, 4.69) is 25.5 Å². The lowest BCUT2D eigenvalue weighted by Gasteiger charge is -2.13. The number of carbonyl (C=O) groups is 1. The normalized spacial score (nSPS) is 11.8. The second kappa shape index (κ2) is 12.6. The fourth-order valence-electron chi connectivity index (χ4n) is 3.59. The molecular weight excluding hydrogens is 630 g/mol. The maximum atomic E-state index is 13.2. The van der Waals surface area contributed by atoms with Crippen molar-refractivity contribution in [2.45, 2.75) is 26.7 Å². The van der Waals surface area contributed by atoms with Crippen LogP contribution in [0.4, 0.5) is 30.2 Å². The first-order valence-corrected chi connectivity index (χ1v) is 15.3. The number of alkyl halides is 3. The zero-order valence-electron chi connectivity index (χ0n) is 21.3. The number of rotatable bonds is 9. The first kappa shape index (κ1) is 29.6. The van der Waals surface area contributed by atoms with Crippen LogP contribution in [0, 0.1) is 17.0 Å². The van der Waals surface area contributed by atoms with Crippen LogP contribution in [-0.2, 0) is 11.0 Å². The molecule has 2 heterocycles. The predicted octanol–water partition coefficient (Wildman–Crippen LogP) is 8.02. The average Bonchev–Trinajstić information content (AvgIpc) is 3.55. The Kier molecular flexibility index (Phi) is 8.86. The summed E-state index contributed by atoms with van der Waals surface area (Å²) in [6.07, 6.45) is -3.06. The quantitative estimate of drug-likeness (QED) is 0.0739. The maximum Gasteiger partial charge on any atom is 0.418 e. The Morgan fingerprint density at radius 3 is 2.64 bits per heavy atom. The molecule has 2 aromatic heterocycles. The van der Waals surface area contributed by atoms with Gasteiger partial charge in [0, 0.05) is 12.3 Å². The number of aliphatic imine (C=N–C) groups is 1. The van der Waals surface area contributed by atoms with Crippen LogP contribution in [0.2, 0.25) is 0 Å². The van der Waals surface area contributed by atoms with E-state index in [9.17, 15) is 28.1 Å². The smallest absolute Gasteiger partial charge is 0.325 e. The van der Waals surface area contributed by atoms with Crippen molar-refractivity contribution in [2.24, 2.45) is 4.99 Å². The largest absolute Gasteiger partial charge is 0.418 e. The second-order valence-corrected chi connectivity index (χ2v) is 13.2. The van der Waals surface area contributed by atoms with Gasteiger partial charge in [-0.25, -0.2) is 4.98 Å². The number of benzene rings is 3. The number of nitrogens with zero attached hydrogens (tertiary/aromatic N) is 5. The molecule has 9 nitrogen and oxygen atoms in total. The molecule has 214 valence electrons. The maximum absolute atomic E-state index is 13.2. The Hall–Kier alpha value is -3.86. The number of thiazole rings is 1. The van der Waals surface area contributed by atoms with E-state index in [0.717, 1.165) is 27.5 Å². The van der Waals surface area contributed by atoms with Crippen molar-refractivity contribution in [2.75, 3.05) is 11.1 Å². The number of hydrogen-bond donors (Lipinski definition) is 1. The molecule has 5 aromatic rings. The van der Waals surface area contributed by atoms with Gasteiger partial charge >= 0.3 is 6.18 Å². The highest BCUT2D eigenvalue weighted by Crippen LogP contribution is 2.37. The number of nitro benzene ring substituents is 1. The summed E-state index contributed by atoms with van der Waals surface area (Å²) in [5, 5.41) is 22.7. The van der Waals surface area contributed by atoms with Gasteiger partial charge in [0.25, 0.3) is 5.69 Å². The minimum Gasteiger partial charge on any atom is -0.325 e. The van der Waals surface area contributed by atoms with Crippen LogP contribution in [0.3, 0.4) is 0 Å². The first-order chi connectivity index (χ1) is 20.0. The molecule has 0 unspecified atom stereocenters. The number of aryl methyl sites for hydroxylation is 1. The average molecular weight is 647 g/mol. The first-order valence-electron chi connectivity index (χ1n) is 11.8. The topological polar surface area (TPSA) is 123 Å². The summed E-state index contributed by atoms with van der Waals surface area (Å²) in [6.45, 7) is 1.81. The number of thioether (sulfide) groups is 1. The lowest BCUT2D eigenvalue weighted by Crippen LogP contribution is -2.18. The van der Waals surface area contributed by atoms with Crippen molar-refractivity contribution in [3.63, 3.8) is 0 Å². The molecular formula is C26H17F3N6O3S4. The molecule has 0 saturated carbocycles. The van der Waals surface area contributed by atoms with E-state index in [-0.39, 0.29) is 17.1 Å². The Balaban J connectivity index is 1.25.